The summed E-state index contributed by atoms with van der Waals surface area (Å²) in [6.45, 7) is 0.0818. The number of amides is 1. The average Bonchev–Trinajstić information content (AvgIpc) is 3.16. The first-order chi connectivity index (χ1) is 13.1. The molecule has 0 aliphatic heterocycles. The Kier molecular flexibility index (Phi) is 5.58. The fraction of sp³-hybridized carbons (Fsp3) is 0.0526. The number of carbonyl (C=O) groups is 1. The molecule has 1 aromatic heterocycles. The molecule has 8 heteroatoms. The molecule has 1 amide bonds. The van der Waals surface area contributed by atoms with E-state index in [2.05, 4.69) is 15.8 Å². The minimum absolute atomic E-state index is 0.0164. The van der Waals surface area contributed by atoms with Gasteiger partial charge in [0.15, 0.2) is 0 Å². The van der Waals surface area contributed by atoms with Crippen LogP contribution in [0.5, 0.6) is 0 Å². The van der Waals surface area contributed by atoms with Gasteiger partial charge in [-0.2, -0.15) is 5.10 Å². The Hall–Kier alpha value is -3.94. The largest absolute Gasteiger partial charge is 0.455 e. The van der Waals surface area contributed by atoms with Crippen LogP contribution in [-0.2, 0) is 4.79 Å². The summed E-state index contributed by atoms with van der Waals surface area (Å²) < 4.78 is 5.58. The van der Waals surface area contributed by atoms with Gasteiger partial charge in [0.25, 0.3) is 11.6 Å². The normalized spacial score (nSPS) is 10.7. The number of nitro benzene ring substituents is 1. The van der Waals surface area contributed by atoms with Crippen LogP contribution >= 0.6 is 0 Å². The smallest absolute Gasteiger partial charge is 0.270 e. The maximum Gasteiger partial charge on any atom is 0.270 e. The number of benzene rings is 2. The van der Waals surface area contributed by atoms with Crippen molar-refractivity contribution >= 4 is 23.5 Å². The van der Waals surface area contributed by atoms with Crippen LogP contribution in [0, 0.1) is 10.1 Å². The molecule has 0 aliphatic rings. The van der Waals surface area contributed by atoms with E-state index in [1.54, 1.807) is 24.3 Å². The molecule has 0 atom stereocenters. The van der Waals surface area contributed by atoms with Gasteiger partial charge >= 0.3 is 0 Å². The van der Waals surface area contributed by atoms with E-state index in [0.717, 1.165) is 5.69 Å². The second kappa shape index (κ2) is 8.43. The molecule has 3 rings (SSSR count). The number of hydrogen-bond acceptors (Lipinski definition) is 6. The predicted octanol–water partition coefficient (Wildman–Crippen LogP) is 3.42. The van der Waals surface area contributed by atoms with Gasteiger partial charge in [-0.15, -0.1) is 0 Å². The van der Waals surface area contributed by atoms with Gasteiger partial charge in [-0.05, 0) is 24.3 Å². The van der Waals surface area contributed by atoms with E-state index >= 15 is 0 Å². The van der Waals surface area contributed by atoms with Crippen molar-refractivity contribution in [2.24, 2.45) is 5.10 Å². The van der Waals surface area contributed by atoms with Crippen LogP contribution in [-0.4, -0.2) is 23.6 Å². The highest BCUT2D eigenvalue weighted by Gasteiger charge is 2.09. The van der Waals surface area contributed by atoms with Crippen LogP contribution in [0.15, 0.2) is 76.2 Å². The SMILES string of the molecule is O=C(CNc1ccccc1)NN=Cc1ccc(-c2cccc([N+](=O)[O-])c2)o1. The molecule has 1 heterocycles. The van der Waals surface area contributed by atoms with E-state index < -0.39 is 4.92 Å². The first-order valence-corrected chi connectivity index (χ1v) is 8.07. The van der Waals surface area contributed by atoms with Gasteiger partial charge in [0, 0.05) is 23.4 Å². The Labute approximate surface area is 154 Å². The molecule has 0 unspecified atom stereocenters. The lowest BCUT2D eigenvalue weighted by Gasteiger charge is -2.04. The highest BCUT2D eigenvalue weighted by molar-refractivity contribution is 5.83. The van der Waals surface area contributed by atoms with Crippen molar-refractivity contribution in [3.63, 3.8) is 0 Å². The number of hydrogen-bond donors (Lipinski definition) is 2. The molecular weight excluding hydrogens is 348 g/mol. The van der Waals surface area contributed by atoms with E-state index in [1.165, 1.54) is 18.3 Å². The summed E-state index contributed by atoms with van der Waals surface area (Å²) in [5, 5.41) is 17.7. The maximum atomic E-state index is 11.8. The molecular formula is C19H16N4O4. The van der Waals surface area contributed by atoms with Crippen molar-refractivity contribution < 1.29 is 14.1 Å². The lowest BCUT2D eigenvalue weighted by atomic mass is 10.1. The number of carbonyl (C=O) groups excluding carboxylic acids is 1. The minimum Gasteiger partial charge on any atom is -0.455 e. The van der Waals surface area contributed by atoms with E-state index in [9.17, 15) is 14.9 Å². The average molecular weight is 364 g/mol. The molecule has 0 bridgehead atoms. The van der Waals surface area contributed by atoms with Crippen molar-refractivity contribution in [2.45, 2.75) is 0 Å². The van der Waals surface area contributed by atoms with E-state index in [1.807, 2.05) is 30.3 Å². The molecule has 0 saturated heterocycles. The van der Waals surface area contributed by atoms with Crippen LogP contribution < -0.4 is 10.7 Å². The summed E-state index contributed by atoms with van der Waals surface area (Å²) in [7, 11) is 0. The Morgan fingerprint density at radius 2 is 1.93 bits per heavy atom. The highest BCUT2D eigenvalue weighted by atomic mass is 16.6. The molecule has 2 N–H and O–H groups in total. The molecule has 0 radical (unpaired) electrons. The summed E-state index contributed by atoms with van der Waals surface area (Å²) in [5.74, 6) is 0.575. The zero-order valence-corrected chi connectivity index (χ0v) is 14.2. The number of hydrazone groups is 1. The molecule has 0 fully saturated rings. The fourth-order valence-corrected chi connectivity index (χ4v) is 2.30. The Morgan fingerprint density at radius 3 is 2.70 bits per heavy atom. The van der Waals surface area contributed by atoms with Gasteiger partial charge < -0.3 is 9.73 Å². The summed E-state index contributed by atoms with van der Waals surface area (Å²) >= 11 is 0. The number of anilines is 1. The number of furan rings is 1. The lowest BCUT2D eigenvalue weighted by molar-refractivity contribution is -0.384. The van der Waals surface area contributed by atoms with Crippen molar-refractivity contribution in [1.29, 1.82) is 0 Å². The van der Waals surface area contributed by atoms with Crippen LogP contribution in [0.25, 0.3) is 11.3 Å². The Morgan fingerprint density at radius 1 is 1.11 bits per heavy atom. The standard InChI is InChI=1S/C19H16N4O4/c24-19(13-20-15-6-2-1-3-7-15)22-21-12-17-9-10-18(27-17)14-5-4-8-16(11-14)23(25)26/h1-12,20H,13H2,(H,22,24). The zero-order valence-electron chi connectivity index (χ0n) is 14.2. The minimum atomic E-state index is -0.464. The first kappa shape index (κ1) is 17.9. The number of nitrogens with zero attached hydrogens (tertiary/aromatic N) is 2. The number of para-hydroxylation sites is 1. The summed E-state index contributed by atoms with van der Waals surface area (Å²) in [6, 6.07) is 18.8. The van der Waals surface area contributed by atoms with E-state index in [-0.39, 0.29) is 18.1 Å². The maximum absolute atomic E-state index is 11.8. The highest BCUT2D eigenvalue weighted by Crippen LogP contribution is 2.25. The topological polar surface area (TPSA) is 110 Å². The van der Waals surface area contributed by atoms with E-state index in [4.69, 9.17) is 4.42 Å². The second-order valence-corrected chi connectivity index (χ2v) is 5.52. The molecule has 0 aliphatic carbocycles. The molecule has 8 nitrogen and oxygen atoms in total. The number of nitro groups is 1. The van der Waals surface area contributed by atoms with Crippen molar-refractivity contribution in [1.82, 2.24) is 5.43 Å². The third kappa shape index (κ3) is 5.02. The van der Waals surface area contributed by atoms with Gasteiger partial charge in [0.1, 0.15) is 11.5 Å². The molecule has 0 saturated carbocycles. The van der Waals surface area contributed by atoms with Crippen LogP contribution in [0.1, 0.15) is 5.76 Å². The molecule has 136 valence electrons. The fourth-order valence-electron chi connectivity index (χ4n) is 2.30. The summed E-state index contributed by atoms with van der Waals surface area (Å²) in [5.41, 5.74) is 3.80. The number of nitrogens with one attached hydrogen (secondary N) is 2. The van der Waals surface area contributed by atoms with Gasteiger partial charge in [-0.3, -0.25) is 14.9 Å². The van der Waals surface area contributed by atoms with Crippen LogP contribution in [0.3, 0.4) is 0 Å². The van der Waals surface area contributed by atoms with Crippen molar-refractivity contribution in [3.8, 4) is 11.3 Å². The number of rotatable bonds is 7. The molecule has 27 heavy (non-hydrogen) atoms. The van der Waals surface area contributed by atoms with Gasteiger partial charge in [-0.25, -0.2) is 5.43 Å². The Bertz CT molecular complexity index is 967. The summed E-state index contributed by atoms with van der Waals surface area (Å²) in [6.07, 6.45) is 1.36. The van der Waals surface area contributed by atoms with Crippen molar-refractivity contribution in [2.75, 3.05) is 11.9 Å². The van der Waals surface area contributed by atoms with Crippen LogP contribution in [0.2, 0.25) is 0 Å². The Balaban J connectivity index is 1.55. The number of non-ortho nitro benzene ring substituents is 1. The molecule has 2 aromatic carbocycles. The van der Waals surface area contributed by atoms with Gasteiger partial charge in [-0.1, -0.05) is 30.3 Å². The summed E-state index contributed by atoms with van der Waals surface area (Å²) in [4.78, 5) is 22.1. The molecule has 3 aromatic rings. The van der Waals surface area contributed by atoms with E-state index in [0.29, 0.717) is 17.1 Å². The zero-order chi connectivity index (χ0) is 19.1. The first-order valence-electron chi connectivity index (χ1n) is 8.07. The molecule has 0 spiro atoms. The monoisotopic (exact) mass is 364 g/mol. The lowest BCUT2D eigenvalue weighted by Crippen LogP contribution is -2.25. The third-order valence-electron chi connectivity index (χ3n) is 3.58. The van der Waals surface area contributed by atoms with Gasteiger partial charge in [0.05, 0.1) is 17.7 Å². The quantitative estimate of drug-likeness (QED) is 0.379. The van der Waals surface area contributed by atoms with Crippen LogP contribution in [0.4, 0.5) is 11.4 Å². The second-order valence-electron chi connectivity index (χ2n) is 5.52. The predicted molar refractivity (Wildman–Crippen MR) is 101 cm³/mol. The van der Waals surface area contributed by atoms with Gasteiger partial charge in [0.2, 0.25) is 0 Å². The van der Waals surface area contributed by atoms with Crippen molar-refractivity contribution in [3.05, 3.63) is 82.6 Å². The third-order valence-corrected chi connectivity index (χ3v) is 3.58.